The van der Waals surface area contributed by atoms with Crippen molar-refractivity contribution >= 4 is 21.9 Å². The molecule has 3 N–H and O–H groups in total. The van der Waals surface area contributed by atoms with Crippen molar-refractivity contribution in [1.29, 1.82) is 0 Å². The van der Waals surface area contributed by atoms with Gasteiger partial charge < -0.3 is 10.4 Å². The van der Waals surface area contributed by atoms with Crippen LogP contribution in [0, 0.1) is 0 Å². The van der Waals surface area contributed by atoms with Crippen LogP contribution in [-0.4, -0.2) is 43.7 Å². The number of aliphatic carboxylic acids is 1. The van der Waals surface area contributed by atoms with Crippen molar-refractivity contribution in [2.75, 3.05) is 12.3 Å². The SMILES string of the molecule is O=C(O)CS(=O)(=O)NC1CCCNC1=O. The number of carboxylic acids is 1. The van der Waals surface area contributed by atoms with Gasteiger partial charge in [0.15, 0.2) is 5.75 Å². The Morgan fingerprint density at radius 3 is 2.80 bits per heavy atom. The summed E-state index contributed by atoms with van der Waals surface area (Å²) in [6.07, 6.45) is 1.07. The molecule has 8 heteroatoms. The highest BCUT2D eigenvalue weighted by Crippen LogP contribution is 2.04. The molecule has 0 radical (unpaired) electrons. The summed E-state index contributed by atoms with van der Waals surface area (Å²) in [5.74, 6) is -2.87. The number of carbonyl (C=O) groups excluding carboxylic acids is 1. The highest BCUT2D eigenvalue weighted by molar-refractivity contribution is 7.90. The van der Waals surface area contributed by atoms with Crippen LogP contribution in [0.4, 0.5) is 0 Å². The molecule has 1 unspecified atom stereocenters. The number of piperidine rings is 1. The fraction of sp³-hybridized carbons (Fsp3) is 0.714. The standard InChI is InChI=1S/C7H12N2O5S/c10-6(11)4-15(13,14)9-5-2-1-3-8-7(5)12/h5,9H,1-4H2,(H,8,12)(H,10,11). The van der Waals surface area contributed by atoms with Gasteiger partial charge in [0.2, 0.25) is 15.9 Å². The fourth-order valence-electron chi connectivity index (χ4n) is 1.31. The van der Waals surface area contributed by atoms with E-state index in [9.17, 15) is 18.0 Å². The van der Waals surface area contributed by atoms with E-state index in [1.165, 1.54) is 0 Å². The fourth-order valence-corrected chi connectivity index (χ4v) is 2.37. The molecule has 86 valence electrons. The van der Waals surface area contributed by atoms with Crippen molar-refractivity contribution < 1.29 is 23.1 Å². The molecule has 1 aliphatic rings. The van der Waals surface area contributed by atoms with Crippen LogP contribution in [0.5, 0.6) is 0 Å². The molecular weight excluding hydrogens is 224 g/mol. The van der Waals surface area contributed by atoms with Gasteiger partial charge >= 0.3 is 5.97 Å². The summed E-state index contributed by atoms with van der Waals surface area (Å²) >= 11 is 0. The van der Waals surface area contributed by atoms with E-state index in [2.05, 4.69) is 10.0 Å². The molecule has 1 rings (SSSR count). The third-order valence-corrected chi connectivity index (χ3v) is 3.19. The minimum absolute atomic E-state index is 0.394. The highest BCUT2D eigenvalue weighted by atomic mass is 32.2. The second kappa shape index (κ2) is 4.58. The monoisotopic (exact) mass is 236 g/mol. The predicted octanol–water partition coefficient (Wildman–Crippen LogP) is -1.73. The maximum Gasteiger partial charge on any atom is 0.320 e. The molecular formula is C7H12N2O5S. The topological polar surface area (TPSA) is 113 Å². The molecule has 0 bridgehead atoms. The van der Waals surface area contributed by atoms with Crippen LogP contribution in [0.25, 0.3) is 0 Å². The Bertz CT molecular complexity index is 364. The van der Waals surface area contributed by atoms with Gasteiger partial charge in [-0.05, 0) is 12.8 Å². The van der Waals surface area contributed by atoms with Crippen molar-refractivity contribution in [1.82, 2.24) is 10.0 Å². The first kappa shape index (κ1) is 11.9. The maximum atomic E-state index is 11.2. The zero-order valence-electron chi connectivity index (χ0n) is 7.89. The summed E-state index contributed by atoms with van der Waals surface area (Å²) in [6, 6.07) is -0.844. The zero-order valence-corrected chi connectivity index (χ0v) is 8.71. The Labute approximate surface area is 86.9 Å². The van der Waals surface area contributed by atoms with Crippen molar-refractivity contribution in [3.05, 3.63) is 0 Å². The Hall–Kier alpha value is -1.15. The predicted molar refractivity (Wildman–Crippen MR) is 50.6 cm³/mol. The Morgan fingerprint density at radius 1 is 1.60 bits per heavy atom. The van der Waals surface area contributed by atoms with Gasteiger partial charge in [-0.1, -0.05) is 0 Å². The lowest BCUT2D eigenvalue weighted by atomic mass is 10.1. The van der Waals surface area contributed by atoms with E-state index in [4.69, 9.17) is 5.11 Å². The first-order valence-corrected chi connectivity index (χ1v) is 6.05. The number of hydrogen-bond donors (Lipinski definition) is 3. The quantitative estimate of drug-likeness (QED) is 0.537. The van der Waals surface area contributed by atoms with Crippen molar-refractivity contribution in [2.45, 2.75) is 18.9 Å². The number of carbonyl (C=O) groups is 2. The van der Waals surface area contributed by atoms with E-state index in [0.29, 0.717) is 19.4 Å². The summed E-state index contributed by atoms with van der Waals surface area (Å²) in [5.41, 5.74) is 0. The van der Waals surface area contributed by atoms with Gasteiger partial charge in [0.05, 0.1) is 0 Å². The average molecular weight is 236 g/mol. The smallest absolute Gasteiger partial charge is 0.320 e. The molecule has 1 fully saturated rings. The molecule has 0 aliphatic carbocycles. The van der Waals surface area contributed by atoms with Crippen LogP contribution in [0.1, 0.15) is 12.8 Å². The molecule has 0 spiro atoms. The van der Waals surface area contributed by atoms with E-state index in [0.717, 1.165) is 0 Å². The minimum atomic E-state index is -3.92. The Balaban J connectivity index is 2.59. The first-order valence-electron chi connectivity index (χ1n) is 4.40. The van der Waals surface area contributed by atoms with E-state index in [-0.39, 0.29) is 0 Å². The van der Waals surface area contributed by atoms with Crippen LogP contribution in [0.3, 0.4) is 0 Å². The van der Waals surface area contributed by atoms with Gasteiger partial charge in [0.1, 0.15) is 6.04 Å². The van der Waals surface area contributed by atoms with Gasteiger partial charge in [0, 0.05) is 6.54 Å². The number of rotatable bonds is 4. The van der Waals surface area contributed by atoms with Gasteiger partial charge in [-0.15, -0.1) is 0 Å². The molecule has 7 nitrogen and oxygen atoms in total. The molecule has 0 aromatic carbocycles. The van der Waals surface area contributed by atoms with Crippen molar-refractivity contribution in [3.63, 3.8) is 0 Å². The summed E-state index contributed by atoms with van der Waals surface area (Å²) < 4.78 is 24.4. The number of nitrogens with one attached hydrogen (secondary N) is 2. The molecule has 15 heavy (non-hydrogen) atoms. The molecule has 0 aromatic rings. The van der Waals surface area contributed by atoms with Crippen LogP contribution in [0.15, 0.2) is 0 Å². The van der Waals surface area contributed by atoms with Gasteiger partial charge in [-0.2, -0.15) is 0 Å². The lowest BCUT2D eigenvalue weighted by Crippen LogP contribution is -2.51. The second-order valence-electron chi connectivity index (χ2n) is 3.26. The van der Waals surface area contributed by atoms with E-state index in [1.54, 1.807) is 0 Å². The molecule has 1 aliphatic heterocycles. The number of sulfonamides is 1. The van der Waals surface area contributed by atoms with Gasteiger partial charge in [-0.3, -0.25) is 9.59 Å². The third-order valence-electron chi connectivity index (χ3n) is 1.92. The van der Waals surface area contributed by atoms with Crippen LogP contribution in [0.2, 0.25) is 0 Å². The third kappa shape index (κ3) is 3.84. The summed E-state index contributed by atoms with van der Waals surface area (Å²) in [5, 5.41) is 10.8. The Morgan fingerprint density at radius 2 is 2.27 bits per heavy atom. The normalized spacial score (nSPS) is 22.1. The second-order valence-corrected chi connectivity index (χ2v) is 5.01. The van der Waals surface area contributed by atoms with Crippen molar-refractivity contribution in [2.24, 2.45) is 0 Å². The molecule has 1 saturated heterocycles. The van der Waals surface area contributed by atoms with Crippen molar-refractivity contribution in [3.8, 4) is 0 Å². The molecule has 1 amide bonds. The van der Waals surface area contributed by atoms with E-state index < -0.39 is 33.7 Å². The highest BCUT2D eigenvalue weighted by Gasteiger charge is 2.27. The average Bonchev–Trinajstić information content (AvgIpc) is 2.06. The lowest BCUT2D eigenvalue weighted by molar-refractivity contribution is -0.134. The molecule has 1 atom stereocenters. The molecule has 0 saturated carbocycles. The zero-order chi connectivity index (χ0) is 11.5. The van der Waals surface area contributed by atoms with Crippen LogP contribution in [-0.2, 0) is 19.6 Å². The van der Waals surface area contributed by atoms with E-state index >= 15 is 0 Å². The summed E-state index contributed by atoms with van der Waals surface area (Å²) in [7, 11) is -3.92. The Kier molecular flexibility index (Phi) is 3.64. The van der Waals surface area contributed by atoms with Crippen LogP contribution < -0.4 is 10.0 Å². The minimum Gasteiger partial charge on any atom is -0.480 e. The lowest BCUT2D eigenvalue weighted by Gasteiger charge is -2.22. The number of amides is 1. The largest absolute Gasteiger partial charge is 0.480 e. The summed E-state index contributed by atoms with van der Waals surface area (Å²) in [6.45, 7) is 0.524. The van der Waals surface area contributed by atoms with Gasteiger partial charge in [0.25, 0.3) is 0 Å². The summed E-state index contributed by atoms with van der Waals surface area (Å²) in [4.78, 5) is 21.4. The van der Waals surface area contributed by atoms with Gasteiger partial charge in [-0.25, -0.2) is 13.1 Å². The number of hydrogen-bond acceptors (Lipinski definition) is 4. The van der Waals surface area contributed by atoms with E-state index in [1.807, 2.05) is 0 Å². The first-order chi connectivity index (χ1) is 6.91. The molecule has 0 aromatic heterocycles. The maximum absolute atomic E-state index is 11.2. The molecule has 1 heterocycles. The number of carboxylic acid groups (broad SMARTS) is 1. The van der Waals surface area contributed by atoms with Crippen LogP contribution >= 0.6 is 0 Å².